The summed E-state index contributed by atoms with van der Waals surface area (Å²) in [5, 5.41) is -0.0722. The van der Waals surface area contributed by atoms with Gasteiger partial charge in [0.05, 0.1) is 0 Å². The predicted octanol–water partition coefficient (Wildman–Crippen LogP) is 1.44. The van der Waals surface area contributed by atoms with E-state index in [1.165, 1.54) is 6.07 Å². The van der Waals surface area contributed by atoms with E-state index in [0.717, 1.165) is 0 Å². The molecule has 2 N–H and O–H groups in total. The lowest BCUT2D eigenvalue weighted by molar-refractivity contribution is 0.575. The van der Waals surface area contributed by atoms with E-state index in [2.05, 4.69) is 19.4 Å². The number of anilines is 1. The van der Waals surface area contributed by atoms with Crippen molar-refractivity contribution in [2.45, 2.75) is 19.9 Å². The summed E-state index contributed by atoms with van der Waals surface area (Å²) < 4.78 is 27.4. The Morgan fingerprint density at radius 3 is 2.44 bits per heavy atom. The summed E-state index contributed by atoms with van der Waals surface area (Å²) in [6.45, 7) is 3.39. The van der Waals surface area contributed by atoms with Gasteiger partial charge in [-0.1, -0.05) is 11.6 Å². The van der Waals surface area contributed by atoms with Crippen LogP contribution in [0.1, 0.15) is 13.8 Å². The highest BCUT2D eigenvalue weighted by Crippen LogP contribution is 2.14. The van der Waals surface area contributed by atoms with Crippen LogP contribution in [0.2, 0.25) is 10.4 Å². The molecule has 0 aliphatic heterocycles. The molecule has 90 valence electrons. The number of rotatable bonds is 4. The van der Waals surface area contributed by atoms with Crippen LogP contribution >= 0.6 is 23.2 Å². The van der Waals surface area contributed by atoms with E-state index < -0.39 is 10.2 Å². The normalized spacial score (nSPS) is 11.8. The molecule has 1 heterocycles. The predicted molar refractivity (Wildman–Crippen MR) is 62.9 cm³/mol. The highest BCUT2D eigenvalue weighted by atomic mass is 35.5. The van der Waals surface area contributed by atoms with Crippen LogP contribution in [0.3, 0.4) is 0 Å². The van der Waals surface area contributed by atoms with Gasteiger partial charge in [-0.25, -0.2) is 4.98 Å². The second-order valence-corrected chi connectivity index (χ2v) is 5.40. The molecule has 0 aromatic carbocycles. The molecule has 0 aliphatic rings. The summed E-state index contributed by atoms with van der Waals surface area (Å²) in [4.78, 5) is 7.26. The average Bonchev–Trinajstić information content (AvgIpc) is 1.95. The number of halogens is 2. The Balaban J connectivity index is 2.88. The van der Waals surface area contributed by atoms with Crippen molar-refractivity contribution in [1.29, 1.82) is 0 Å². The molecule has 0 radical (unpaired) electrons. The van der Waals surface area contributed by atoms with Gasteiger partial charge in [0.15, 0.2) is 0 Å². The number of hydrogen-bond acceptors (Lipinski definition) is 4. The minimum atomic E-state index is -3.67. The molecule has 0 saturated heterocycles. The van der Waals surface area contributed by atoms with Crippen LogP contribution in [0.15, 0.2) is 6.07 Å². The summed E-state index contributed by atoms with van der Waals surface area (Å²) in [5.74, 6) is 0.0122. The Morgan fingerprint density at radius 1 is 1.31 bits per heavy atom. The fourth-order valence-electron chi connectivity index (χ4n) is 0.920. The summed E-state index contributed by atoms with van der Waals surface area (Å²) in [6.07, 6.45) is 0. The molecule has 0 spiro atoms. The Morgan fingerprint density at radius 2 is 1.94 bits per heavy atom. The zero-order chi connectivity index (χ0) is 12.3. The monoisotopic (exact) mass is 284 g/mol. The first-order chi connectivity index (χ1) is 7.28. The lowest BCUT2D eigenvalue weighted by Gasteiger charge is -2.10. The van der Waals surface area contributed by atoms with Gasteiger partial charge in [-0.15, -0.1) is 0 Å². The van der Waals surface area contributed by atoms with Crippen molar-refractivity contribution in [1.82, 2.24) is 14.7 Å². The van der Waals surface area contributed by atoms with Crippen LogP contribution in [0.25, 0.3) is 0 Å². The molecular weight excluding hydrogens is 275 g/mol. The van der Waals surface area contributed by atoms with Gasteiger partial charge in [0.2, 0.25) is 5.28 Å². The van der Waals surface area contributed by atoms with Gasteiger partial charge >= 0.3 is 0 Å². The fourth-order valence-corrected chi connectivity index (χ4v) is 2.39. The summed E-state index contributed by atoms with van der Waals surface area (Å²) in [7, 11) is -3.67. The van der Waals surface area contributed by atoms with E-state index in [1.807, 2.05) is 0 Å². The molecule has 0 amide bonds. The number of aromatic nitrogens is 2. The van der Waals surface area contributed by atoms with Gasteiger partial charge in [0.1, 0.15) is 11.0 Å². The lowest BCUT2D eigenvalue weighted by Crippen LogP contribution is -2.35. The number of nitrogens with one attached hydrogen (secondary N) is 2. The molecule has 1 aromatic heterocycles. The summed E-state index contributed by atoms with van der Waals surface area (Å²) in [5.41, 5.74) is 0. The SMILES string of the molecule is CC(C)NS(=O)(=O)Nc1cc(Cl)nc(Cl)n1. The van der Waals surface area contributed by atoms with Crippen LogP contribution in [-0.2, 0) is 10.2 Å². The van der Waals surface area contributed by atoms with Crippen molar-refractivity contribution in [3.8, 4) is 0 Å². The largest absolute Gasteiger partial charge is 0.300 e. The zero-order valence-corrected chi connectivity index (χ0v) is 10.9. The quantitative estimate of drug-likeness (QED) is 0.647. The van der Waals surface area contributed by atoms with Crippen molar-refractivity contribution in [2.24, 2.45) is 0 Å². The van der Waals surface area contributed by atoms with E-state index in [0.29, 0.717) is 0 Å². The van der Waals surface area contributed by atoms with Gasteiger partial charge in [-0.05, 0) is 25.4 Å². The minimum absolute atomic E-state index is 0.0122. The van der Waals surface area contributed by atoms with Gasteiger partial charge in [-0.3, -0.25) is 4.72 Å². The molecule has 0 unspecified atom stereocenters. The molecular formula is C7H10Cl2N4O2S. The van der Waals surface area contributed by atoms with Gasteiger partial charge in [0.25, 0.3) is 10.2 Å². The van der Waals surface area contributed by atoms with Crippen molar-refractivity contribution < 1.29 is 8.42 Å². The van der Waals surface area contributed by atoms with E-state index in [4.69, 9.17) is 23.2 Å². The smallest absolute Gasteiger partial charge is 0.254 e. The maximum absolute atomic E-state index is 11.5. The minimum Gasteiger partial charge on any atom is -0.254 e. The molecule has 9 heteroatoms. The van der Waals surface area contributed by atoms with Gasteiger partial charge < -0.3 is 0 Å². The van der Waals surface area contributed by atoms with Crippen molar-refractivity contribution in [2.75, 3.05) is 4.72 Å². The van der Waals surface area contributed by atoms with E-state index in [9.17, 15) is 8.42 Å². The Hall–Kier alpha value is -0.630. The molecule has 6 nitrogen and oxygen atoms in total. The van der Waals surface area contributed by atoms with E-state index in [1.54, 1.807) is 13.8 Å². The molecule has 0 aliphatic carbocycles. The van der Waals surface area contributed by atoms with Crippen molar-refractivity contribution in [3.05, 3.63) is 16.5 Å². The molecule has 0 fully saturated rings. The molecule has 1 rings (SSSR count). The van der Waals surface area contributed by atoms with E-state index >= 15 is 0 Å². The Kier molecular flexibility index (Phi) is 4.31. The molecule has 0 bridgehead atoms. The maximum Gasteiger partial charge on any atom is 0.300 e. The fraction of sp³-hybridized carbons (Fsp3) is 0.429. The third-order valence-corrected chi connectivity index (χ3v) is 2.92. The first-order valence-corrected chi connectivity index (χ1v) is 6.52. The molecule has 0 atom stereocenters. The Bertz CT molecular complexity index is 457. The lowest BCUT2D eigenvalue weighted by atomic mass is 10.4. The van der Waals surface area contributed by atoms with Gasteiger partial charge in [0, 0.05) is 12.1 Å². The van der Waals surface area contributed by atoms with Crippen LogP contribution < -0.4 is 9.44 Å². The number of hydrogen-bond donors (Lipinski definition) is 2. The summed E-state index contributed by atoms with van der Waals surface area (Å²) >= 11 is 11.1. The second kappa shape index (κ2) is 5.13. The highest BCUT2D eigenvalue weighted by molar-refractivity contribution is 7.90. The van der Waals surface area contributed by atoms with Crippen molar-refractivity contribution in [3.63, 3.8) is 0 Å². The first-order valence-electron chi connectivity index (χ1n) is 4.28. The van der Waals surface area contributed by atoms with Gasteiger partial charge in [-0.2, -0.15) is 18.1 Å². The molecule has 0 saturated carbocycles. The first kappa shape index (κ1) is 13.4. The van der Waals surface area contributed by atoms with E-state index in [-0.39, 0.29) is 22.3 Å². The molecule has 16 heavy (non-hydrogen) atoms. The Labute approximate surface area is 104 Å². The highest BCUT2D eigenvalue weighted by Gasteiger charge is 2.13. The standard InChI is InChI=1S/C7H10Cl2N4O2S/c1-4(2)12-16(14,15)13-6-3-5(8)10-7(9)11-6/h3-4,12H,1-2H3,(H,10,11,13). The van der Waals surface area contributed by atoms with Crippen LogP contribution in [0, 0.1) is 0 Å². The van der Waals surface area contributed by atoms with Crippen LogP contribution in [0.5, 0.6) is 0 Å². The third-order valence-electron chi connectivity index (χ3n) is 1.30. The third kappa shape index (κ3) is 4.48. The maximum atomic E-state index is 11.5. The molecule has 1 aromatic rings. The number of nitrogens with zero attached hydrogens (tertiary/aromatic N) is 2. The summed E-state index contributed by atoms with van der Waals surface area (Å²) in [6, 6.07) is 1.03. The van der Waals surface area contributed by atoms with Crippen LogP contribution in [-0.4, -0.2) is 24.4 Å². The zero-order valence-electron chi connectivity index (χ0n) is 8.53. The van der Waals surface area contributed by atoms with Crippen molar-refractivity contribution >= 4 is 39.2 Å². The second-order valence-electron chi connectivity index (χ2n) is 3.22. The van der Waals surface area contributed by atoms with Crippen LogP contribution in [0.4, 0.5) is 5.82 Å². The average molecular weight is 285 g/mol. The topological polar surface area (TPSA) is 84.0 Å².